The molecule has 10 heteroatoms. The van der Waals surface area contributed by atoms with Gasteiger partial charge in [-0.1, -0.05) is 12.8 Å². The van der Waals surface area contributed by atoms with Crippen LogP contribution in [0.25, 0.3) is 0 Å². The van der Waals surface area contributed by atoms with Crippen LogP contribution in [0.5, 0.6) is 0 Å². The summed E-state index contributed by atoms with van der Waals surface area (Å²) in [6.45, 7) is 1.26. The Morgan fingerprint density at radius 2 is 1.10 bits per heavy atom. The van der Waals surface area contributed by atoms with Crippen molar-refractivity contribution in [2.24, 2.45) is 21.5 Å². The summed E-state index contributed by atoms with van der Waals surface area (Å²) in [6, 6.07) is 7.29. The van der Waals surface area contributed by atoms with Gasteiger partial charge in [0.1, 0.15) is 0 Å². The molecule has 2 rings (SSSR count). The lowest BCUT2D eigenvalue weighted by Crippen LogP contribution is -2.38. The molecule has 0 fully saturated rings. The molecule has 0 saturated heterocycles. The number of rotatable bonds is 9. The van der Waals surface area contributed by atoms with E-state index < -0.39 is 0 Å². The van der Waals surface area contributed by atoms with E-state index in [4.69, 9.17) is 22.0 Å². The highest BCUT2D eigenvalue weighted by Gasteiger charge is 2.12. The third-order valence-corrected chi connectivity index (χ3v) is 4.34. The molecule has 154 valence electrons. The van der Waals surface area contributed by atoms with Crippen LogP contribution < -0.4 is 21.3 Å². The van der Waals surface area contributed by atoms with Crippen LogP contribution in [-0.4, -0.2) is 35.0 Å². The van der Waals surface area contributed by atoms with E-state index >= 15 is 0 Å². The molecule has 0 aliphatic carbocycles. The number of nitrogens with zero attached hydrogens (tertiary/aromatic N) is 8. The van der Waals surface area contributed by atoms with Gasteiger partial charge in [0, 0.05) is 49.3 Å². The maximum Gasteiger partial charge on any atom is 0.211 e. The van der Waals surface area contributed by atoms with E-state index in [9.17, 15) is 0 Å². The molecule has 2 aromatic rings. The molecule has 0 amide bonds. The van der Waals surface area contributed by atoms with Crippen molar-refractivity contribution < 1.29 is 0 Å². The molecule has 0 unspecified atom stereocenters. The molecule has 0 aromatic carbocycles. The van der Waals surface area contributed by atoms with Gasteiger partial charge in [-0.3, -0.25) is 9.97 Å². The van der Waals surface area contributed by atoms with Crippen molar-refractivity contribution >= 4 is 23.3 Å². The molecule has 0 spiro atoms. The van der Waals surface area contributed by atoms with Crippen molar-refractivity contribution in [1.29, 1.82) is 10.5 Å². The summed E-state index contributed by atoms with van der Waals surface area (Å²) in [4.78, 5) is 18.9. The zero-order valence-corrected chi connectivity index (χ0v) is 16.6. The lowest BCUT2D eigenvalue weighted by molar-refractivity contribution is 0.647. The van der Waals surface area contributed by atoms with Gasteiger partial charge in [-0.15, -0.1) is 9.98 Å². The standard InChI is InChI=1S/C20H24N10/c21-15-27-19(23)29(17-5-9-25-10-6-17)13-3-1-2-4-14-30(20(24)28-16-22)18-7-11-26-12-8-18/h5-12H,1-4,13-14H2,(H2,23,27)(H2,24,28). The predicted molar refractivity (Wildman–Crippen MR) is 116 cm³/mol. The minimum absolute atomic E-state index is 0.160. The maximum atomic E-state index is 8.80. The van der Waals surface area contributed by atoms with Crippen LogP contribution in [0.3, 0.4) is 0 Å². The number of pyridine rings is 2. The minimum atomic E-state index is 0.160. The summed E-state index contributed by atoms with van der Waals surface area (Å²) in [5, 5.41) is 17.6. The molecule has 30 heavy (non-hydrogen) atoms. The third-order valence-electron chi connectivity index (χ3n) is 4.34. The quantitative estimate of drug-likeness (QED) is 0.278. The van der Waals surface area contributed by atoms with E-state index in [1.54, 1.807) is 47.0 Å². The van der Waals surface area contributed by atoms with Crippen LogP contribution in [0.1, 0.15) is 25.7 Å². The molecular weight excluding hydrogens is 380 g/mol. The van der Waals surface area contributed by atoms with E-state index in [1.807, 2.05) is 24.3 Å². The van der Waals surface area contributed by atoms with E-state index in [-0.39, 0.29) is 11.9 Å². The van der Waals surface area contributed by atoms with Crippen LogP contribution in [0, 0.1) is 22.9 Å². The normalized spacial score (nSPS) is 11.4. The Morgan fingerprint density at radius 3 is 1.43 bits per heavy atom. The van der Waals surface area contributed by atoms with Gasteiger partial charge in [-0.25, -0.2) is 0 Å². The van der Waals surface area contributed by atoms with Crippen LogP contribution in [0.2, 0.25) is 0 Å². The van der Waals surface area contributed by atoms with Crippen molar-refractivity contribution in [3.8, 4) is 12.4 Å². The number of aliphatic imine (C=N–C) groups is 2. The Balaban J connectivity index is 1.87. The number of guanidine groups is 2. The topological polar surface area (TPSA) is 157 Å². The summed E-state index contributed by atoms with van der Waals surface area (Å²) < 4.78 is 0. The molecule has 0 atom stereocenters. The number of hydrogen-bond donors (Lipinski definition) is 2. The highest BCUT2D eigenvalue weighted by atomic mass is 15.3. The summed E-state index contributed by atoms with van der Waals surface area (Å²) in [7, 11) is 0. The van der Waals surface area contributed by atoms with Crippen LogP contribution >= 0.6 is 0 Å². The second-order valence-electron chi connectivity index (χ2n) is 6.27. The molecular formula is C20H24N10. The number of nitrogens with two attached hydrogens (primary N) is 2. The summed E-state index contributed by atoms with van der Waals surface area (Å²) in [6.07, 6.45) is 13.7. The molecule has 2 aromatic heterocycles. The smallest absolute Gasteiger partial charge is 0.211 e. The second kappa shape index (κ2) is 12.3. The number of aromatic nitrogens is 2. The van der Waals surface area contributed by atoms with Crippen LogP contribution in [0.15, 0.2) is 59.0 Å². The van der Waals surface area contributed by atoms with Crippen molar-refractivity contribution in [2.45, 2.75) is 25.7 Å². The zero-order valence-electron chi connectivity index (χ0n) is 16.6. The first-order valence-electron chi connectivity index (χ1n) is 9.47. The predicted octanol–water partition coefficient (Wildman–Crippen LogP) is 1.94. The van der Waals surface area contributed by atoms with Crippen molar-refractivity contribution in [3.05, 3.63) is 49.1 Å². The first-order valence-corrected chi connectivity index (χ1v) is 9.47. The number of anilines is 2. The Labute approximate surface area is 175 Å². The van der Waals surface area contributed by atoms with Gasteiger partial charge in [-0.05, 0) is 37.1 Å². The molecule has 0 aliphatic rings. The van der Waals surface area contributed by atoms with E-state index in [2.05, 4.69) is 20.0 Å². The average molecular weight is 404 g/mol. The van der Waals surface area contributed by atoms with Gasteiger partial charge in [-0.2, -0.15) is 10.5 Å². The Kier molecular flexibility index (Phi) is 9.08. The van der Waals surface area contributed by atoms with Crippen LogP contribution in [-0.2, 0) is 0 Å². The fourth-order valence-corrected chi connectivity index (χ4v) is 2.92. The van der Waals surface area contributed by atoms with Crippen molar-refractivity contribution in [2.75, 3.05) is 22.9 Å². The van der Waals surface area contributed by atoms with E-state index in [0.29, 0.717) is 13.1 Å². The number of nitriles is 2. The highest BCUT2D eigenvalue weighted by molar-refractivity contribution is 5.95. The maximum absolute atomic E-state index is 8.80. The fraction of sp³-hybridized carbons (Fsp3) is 0.300. The summed E-state index contributed by atoms with van der Waals surface area (Å²) in [5.41, 5.74) is 13.5. The van der Waals surface area contributed by atoms with E-state index in [1.165, 1.54) is 0 Å². The van der Waals surface area contributed by atoms with Gasteiger partial charge in [0.2, 0.25) is 24.3 Å². The summed E-state index contributed by atoms with van der Waals surface area (Å²) >= 11 is 0. The first-order chi connectivity index (χ1) is 14.7. The Morgan fingerprint density at radius 1 is 0.733 bits per heavy atom. The summed E-state index contributed by atoms with van der Waals surface area (Å²) in [5.74, 6) is 0.320. The van der Waals surface area contributed by atoms with Crippen molar-refractivity contribution in [3.63, 3.8) is 0 Å². The number of hydrogen-bond acceptors (Lipinski definition) is 6. The van der Waals surface area contributed by atoms with Crippen LogP contribution in [0.4, 0.5) is 11.4 Å². The minimum Gasteiger partial charge on any atom is -0.369 e. The second-order valence-corrected chi connectivity index (χ2v) is 6.27. The monoisotopic (exact) mass is 404 g/mol. The molecule has 0 saturated carbocycles. The lowest BCUT2D eigenvalue weighted by Gasteiger charge is -2.24. The number of unbranched alkanes of at least 4 members (excludes halogenated alkanes) is 3. The van der Waals surface area contributed by atoms with Gasteiger partial charge < -0.3 is 21.3 Å². The van der Waals surface area contributed by atoms with E-state index in [0.717, 1.165) is 37.1 Å². The molecule has 10 nitrogen and oxygen atoms in total. The van der Waals surface area contributed by atoms with Crippen molar-refractivity contribution in [1.82, 2.24) is 9.97 Å². The zero-order chi connectivity index (χ0) is 21.6. The van der Waals surface area contributed by atoms with Gasteiger partial charge in [0.15, 0.2) is 0 Å². The van der Waals surface area contributed by atoms with Gasteiger partial charge in [0.05, 0.1) is 0 Å². The molecule has 2 heterocycles. The lowest BCUT2D eigenvalue weighted by atomic mass is 10.1. The van der Waals surface area contributed by atoms with Gasteiger partial charge in [0.25, 0.3) is 0 Å². The first kappa shape index (κ1) is 22.1. The largest absolute Gasteiger partial charge is 0.369 e. The molecule has 0 radical (unpaired) electrons. The highest BCUT2D eigenvalue weighted by Crippen LogP contribution is 2.16. The molecule has 0 aliphatic heterocycles. The Hall–Kier alpha value is -4.18. The molecule has 4 N–H and O–H groups in total. The molecule has 0 bridgehead atoms. The fourth-order valence-electron chi connectivity index (χ4n) is 2.92. The average Bonchev–Trinajstić information content (AvgIpc) is 2.77. The Bertz CT molecular complexity index is 835. The third kappa shape index (κ3) is 6.77. The van der Waals surface area contributed by atoms with Gasteiger partial charge >= 0.3 is 0 Å². The SMILES string of the molecule is N#CN=C(N)N(CCCCCCN(C(N)=NC#N)c1ccncc1)c1ccncc1.